The molecular formula is C15H29N3O4S2. The van der Waals surface area contributed by atoms with E-state index in [0.717, 1.165) is 51.9 Å². The molecule has 3 rings (SSSR count). The van der Waals surface area contributed by atoms with E-state index in [1.807, 2.05) is 0 Å². The molecule has 0 radical (unpaired) electrons. The quantitative estimate of drug-likeness (QED) is 0.611. The summed E-state index contributed by atoms with van der Waals surface area (Å²) in [6.07, 6.45) is 3.58. The zero-order valence-corrected chi connectivity index (χ0v) is 15.7. The Balaban J connectivity index is 1.30. The van der Waals surface area contributed by atoms with Crippen LogP contribution in [0.4, 0.5) is 0 Å². The Kier molecular flexibility index (Phi) is 5.86. The summed E-state index contributed by atoms with van der Waals surface area (Å²) in [5.74, 6) is 1.22. The van der Waals surface area contributed by atoms with E-state index >= 15 is 0 Å². The van der Waals surface area contributed by atoms with Crippen molar-refractivity contribution in [3.05, 3.63) is 0 Å². The van der Waals surface area contributed by atoms with Gasteiger partial charge in [0.25, 0.3) is 0 Å². The molecule has 3 saturated heterocycles. The van der Waals surface area contributed by atoms with Gasteiger partial charge in [-0.25, -0.2) is 16.8 Å². The van der Waals surface area contributed by atoms with Gasteiger partial charge in [-0.05, 0) is 38.8 Å². The molecule has 2 N–H and O–H groups in total. The van der Waals surface area contributed by atoms with Crippen molar-refractivity contribution in [2.45, 2.75) is 43.8 Å². The van der Waals surface area contributed by atoms with Crippen molar-refractivity contribution in [2.75, 3.05) is 49.2 Å². The lowest BCUT2D eigenvalue weighted by Crippen LogP contribution is -2.48. The number of likely N-dealkylation sites (tertiary alicyclic amines) is 1. The third-order valence-corrected chi connectivity index (χ3v) is 8.92. The molecule has 0 aromatic heterocycles. The molecular weight excluding hydrogens is 350 g/mol. The molecule has 2 atom stereocenters. The second-order valence-corrected chi connectivity index (χ2v) is 11.9. The van der Waals surface area contributed by atoms with E-state index in [9.17, 15) is 16.8 Å². The van der Waals surface area contributed by atoms with Gasteiger partial charge in [0.2, 0.25) is 0 Å². The summed E-state index contributed by atoms with van der Waals surface area (Å²) >= 11 is 0. The molecule has 9 heteroatoms. The third kappa shape index (κ3) is 5.39. The van der Waals surface area contributed by atoms with Crippen LogP contribution in [0.5, 0.6) is 0 Å². The molecule has 140 valence electrons. The molecule has 3 aliphatic rings. The van der Waals surface area contributed by atoms with Crippen LogP contribution < -0.4 is 10.6 Å². The minimum Gasteiger partial charge on any atom is -0.312 e. The normalized spacial score (nSPS) is 33.8. The number of nitrogens with zero attached hydrogens (tertiary/aromatic N) is 1. The third-order valence-electron chi connectivity index (χ3n) is 5.38. The number of nitrogens with one attached hydrogen (secondary N) is 2. The number of hydrogen-bond donors (Lipinski definition) is 2. The predicted molar refractivity (Wildman–Crippen MR) is 94.7 cm³/mol. The van der Waals surface area contributed by atoms with Crippen molar-refractivity contribution >= 4 is 19.7 Å². The van der Waals surface area contributed by atoms with Crippen LogP contribution in [0.15, 0.2) is 0 Å². The lowest BCUT2D eigenvalue weighted by Gasteiger charge is -2.34. The summed E-state index contributed by atoms with van der Waals surface area (Å²) < 4.78 is 45.9. The summed E-state index contributed by atoms with van der Waals surface area (Å²) in [5.41, 5.74) is 0. The van der Waals surface area contributed by atoms with E-state index in [1.165, 1.54) is 0 Å². The Morgan fingerprint density at radius 3 is 1.92 bits per heavy atom. The van der Waals surface area contributed by atoms with E-state index in [-0.39, 0.29) is 17.8 Å². The average Bonchev–Trinajstić information content (AvgIpc) is 3.02. The standard InChI is InChI=1S/C15H29N3O4S2/c19-23(20)9-3-14(11-23)16-5-8-18-6-1-13(2-7-18)17-15-4-10-24(21,22)12-15/h13-17H,1-12H2/t14-,15-/m0/s1. The van der Waals surface area contributed by atoms with Crippen molar-refractivity contribution in [2.24, 2.45) is 0 Å². The average molecular weight is 380 g/mol. The van der Waals surface area contributed by atoms with Crippen LogP contribution in [-0.2, 0) is 19.7 Å². The number of hydrogen-bond acceptors (Lipinski definition) is 7. The van der Waals surface area contributed by atoms with E-state index in [0.29, 0.717) is 23.3 Å². The van der Waals surface area contributed by atoms with Crippen LogP contribution >= 0.6 is 0 Å². The van der Waals surface area contributed by atoms with Gasteiger partial charge in [0.15, 0.2) is 19.7 Å². The lowest BCUT2D eigenvalue weighted by molar-refractivity contribution is 0.191. The monoisotopic (exact) mass is 379 g/mol. The second kappa shape index (κ2) is 7.57. The molecule has 0 amide bonds. The van der Waals surface area contributed by atoms with E-state index < -0.39 is 19.7 Å². The molecule has 0 unspecified atom stereocenters. The Bertz CT molecular complexity index is 627. The molecule has 7 nitrogen and oxygen atoms in total. The zero-order valence-electron chi connectivity index (χ0n) is 14.1. The van der Waals surface area contributed by atoms with Gasteiger partial charge in [-0.1, -0.05) is 0 Å². The molecule has 3 fully saturated rings. The highest BCUT2D eigenvalue weighted by Gasteiger charge is 2.31. The summed E-state index contributed by atoms with van der Waals surface area (Å²) in [5, 5.41) is 6.88. The fourth-order valence-electron chi connectivity index (χ4n) is 3.97. The van der Waals surface area contributed by atoms with Crippen molar-refractivity contribution in [3.63, 3.8) is 0 Å². The Morgan fingerprint density at radius 1 is 0.792 bits per heavy atom. The van der Waals surface area contributed by atoms with Crippen molar-refractivity contribution in [3.8, 4) is 0 Å². The van der Waals surface area contributed by atoms with E-state index in [4.69, 9.17) is 0 Å². The molecule has 0 aliphatic carbocycles. The summed E-state index contributed by atoms with van der Waals surface area (Å²) in [6.45, 7) is 3.81. The highest BCUT2D eigenvalue weighted by Crippen LogP contribution is 2.16. The molecule has 3 aliphatic heterocycles. The minimum absolute atomic E-state index is 0.124. The molecule has 0 spiro atoms. The van der Waals surface area contributed by atoms with Gasteiger partial charge in [-0.2, -0.15) is 0 Å². The van der Waals surface area contributed by atoms with Crippen molar-refractivity contribution < 1.29 is 16.8 Å². The van der Waals surface area contributed by atoms with E-state index in [2.05, 4.69) is 15.5 Å². The molecule has 24 heavy (non-hydrogen) atoms. The smallest absolute Gasteiger partial charge is 0.151 e. The van der Waals surface area contributed by atoms with Gasteiger partial charge in [-0.3, -0.25) is 0 Å². The first-order chi connectivity index (χ1) is 11.3. The second-order valence-electron chi connectivity index (χ2n) is 7.44. The zero-order chi connectivity index (χ0) is 17.2. The first kappa shape index (κ1) is 18.6. The van der Waals surface area contributed by atoms with Gasteiger partial charge >= 0.3 is 0 Å². The first-order valence-electron chi connectivity index (χ1n) is 8.94. The van der Waals surface area contributed by atoms with Gasteiger partial charge in [0, 0.05) is 31.2 Å². The number of piperidine rings is 1. The molecule has 3 heterocycles. The first-order valence-corrected chi connectivity index (χ1v) is 12.6. The van der Waals surface area contributed by atoms with Gasteiger partial charge in [0.05, 0.1) is 23.0 Å². The van der Waals surface area contributed by atoms with Gasteiger partial charge in [-0.15, -0.1) is 0 Å². The SMILES string of the molecule is O=S1(=O)CC[C@H](NCCN2CCC(N[C@H]3CCS(=O)(=O)C3)CC2)C1. The van der Waals surface area contributed by atoms with Crippen molar-refractivity contribution in [1.82, 2.24) is 15.5 Å². The van der Waals surface area contributed by atoms with Gasteiger partial charge < -0.3 is 15.5 Å². The van der Waals surface area contributed by atoms with Crippen LogP contribution in [0.3, 0.4) is 0 Å². The number of sulfone groups is 2. The largest absolute Gasteiger partial charge is 0.312 e. The van der Waals surface area contributed by atoms with Gasteiger partial charge in [0.1, 0.15) is 0 Å². The predicted octanol–water partition coefficient (Wildman–Crippen LogP) is -0.996. The summed E-state index contributed by atoms with van der Waals surface area (Å²) in [4.78, 5) is 2.40. The van der Waals surface area contributed by atoms with Crippen LogP contribution in [0.25, 0.3) is 0 Å². The van der Waals surface area contributed by atoms with Crippen LogP contribution in [0.1, 0.15) is 25.7 Å². The fourth-order valence-corrected chi connectivity index (χ4v) is 7.36. The molecule has 0 aromatic carbocycles. The van der Waals surface area contributed by atoms with Crippen LogP contribution in [0, 0.1) is 0 Å². The maximum absolute atomic E-state index is 11.5. The van der Waals surface area contributed by atoms with Crippen LogP contribution in [0.2, 0.25) is 0 Å². The maximum Gasteiger partial charge on any atom is 0.151 e. The maximum atomic E-state index is 11.5. The molecule has 0 saturated carbocycles. The summed E-state index contributed by atoms with van der Waals surface area (Å²) in [7, 11) is -5.61. The molecule has 0 aromatic rings. The Hall–Kier alpha value is -0.220. The number of rotatable bonds is 6. The van der Waals surface area contributed by atoms with Crippen LogP contribution in [-0.4, -0.2) is 89.1 Å². The van der Waals surface area contributed by atoms with Crippen molar-refractivity contribution in [1.29, 1.82) is 0 Å². The molecule has 0 bridgehead atoms. The highest BCUT2D eigenvalue weighted by molar-refractivity contribution is 7.91. The summed E-state index contributed by atoms with van der Waals surface area (Å²) in [6, 6.07) is 0.684. The Labute approximate surface area is 145 Å². The fraction of sp³-hybridized carbons (Fsp3) is 1.00. The Morgan fingerprint density at radius 2 is 1.38 bits per heavy atom. The topological polar surface area (TPSA) is 95.6 Å². The lowest BCUT2D eigenvalue weighted by atomic mass is 10.0. The van der Waals surface area contributed by atoms with E-state index in [1.54, 1.807) is 0 Å². The minimum atomic E-state index is -2.81. The highest BCUT2D eigenvalue weighted by atomic mass is 32.2.